The van der Waals surface area contributed by atoms with E-state index in [1.165, 1.54) is 0 Å². The lowest BCUT2D eigenvalue weighted by molar-refractivity contribution is 0.0234. The molecule has 3 aromatic rings. The third kappa shape index (κ3) is 4.06. The molecule has 1 fully saturated rings. The summed E-state index contributed by atoms with van der Waals surface area (Å²) in [5.74, 6) is 0.362. The maximum atomic E-state index is 12.2. The van der Waals surface area contributed by atoms with Crippen molar-refractivity contribution < 1.29 is 14.3 Å². The minimum atomic E-state index is -0.516. The number of fused-ring (bicyclic) bond motifs is 2. The van der Waals surface area contributed by atoms with Gasteiger partial charge in [0.1, 0.15) is 12.2 Å². The molecule has 2 N–H and O–H groups in total. The van der Waals surface area contributed by atoms with Crippen LogP contribution in [-0.4, -0.2) is 33.1 Å². The van der Waals surface area contributed by atoms with E-state index in [2.05, 4.69) is 18.0 Å². The Bertz CT molecular complexity index is 1240. The van der Waals surface area contributed by atoms with Gasteiger partial charge in [0, 0.05) is 41.7 Å². The van der Waals surface area contributed by atoms with Gasteiger partial charge in [-0.1, -0.05) is 13.8 Å². The summed E-state index contributed by atoms with van der Waals surface area (Å²) in [7, 11) is 0. The lowest BCUT2D eigenvalue weighted by atomic mass is 9.88. The molecule has 3 aromatic heterocycles. The Kier molecular flexibility index (Phi) is 5.32. The number of pyridine rings is 3. The lowest BCUT2D eigenvalue weighted by Crippen LogP contribution is -2.32. The number of hydrogen-bond acceptors (Lipinski definition) is 7. The first-order valence-electron chi connectivity index (χ1n) is 11.7. The molecule has 0 amide bonds. The molecule has 7 nitrogen and oxygen atoms in total. The van der Waals surface area contributed by atoms with E-state index in [1.807, 2.05) is 45.3 Å². The summed E-state index contributed by atoms with van der Waals surface area (Å²) < 4.78 is 11.5. The molecule has 2 aliphatic rings. The van der Waals surface area contributed by atoms with Crippen LogP contribution in [0.4, 0.5) is 0 Å². The Morgan fingerprint density at radius 1 is 1.15 bits per heavy atom. The Morgan fingerprint density at radius 2 is 1.94 bits per heavy atom. The predicted octanol–water partition coefficient (Wildman–Crippen LogP) is 4.40. The van der Waals surface area contributed by atoms with Crippen molar-refractivity contribution in [2.45, 2.75) is 77.0 Å². The molecule has 0 bridgehead atoms. The highest BCUT2D eigenvalue weighted by atomic mass is 16.5. The fourth-order valence-corrected chi connectivity index (χ4v) is 4.21. The molecule has 1 aliphatic carbocycles. The molecule has 0 radical (unpaired) electrons. The molecule has 7 heteroatoms. The van der Waals surface area contributed by atoms with E-state index in [1.54, 1.807) is 0 Å². The number of rotatable bonds is 6. The van der Waals surface area contributed by atoms with Gasteiger partial charge in [-0.3, -0.25) is 9.97 Å². The van der Waals surface area contributed by atoms with Gasteiger partial charge in [-0.25, -0.2) is 9.78 Å². The van der Waals surface area contributed by atoms with Crippen LogP contribution < -0.4 is 10.5 Å². The van der Waals surface area contributed by atoms with Gasteiger partial charge in [-0.2, -0.15) is 0 Å². The van der Waals surface area contributed by atoms with Crippen LogP contribution in [0.2, 0.25) is 0 Å². The third-order valence-corrected chi connectivity index (χ3v) is 6.94. The van der Waals surface area contributed by atoms with Crippen LogP contribution in [0.3, 0.4) is 0 Å². The molecule has 1 aliphatic heterocycles. The van der Waals surface area contributed by atoms with Crippen molar-refractivity contribution in [3.8, 4) is 5.88 Å². The van der Waals surface area contributed by atoms with Crippen LogP contribution in [0, 0.1) is 0 Å². The lowest BCUT2D eigenvalue weighted by Gasteiger charge is -2.27. The molecular weight excluding hydrogens is 416 g/mol. The predicted molar refractivity (Wildman–Crippen MR) is 125 cm³/mol. The largest absolute Gasteiger partial charge is 0.474 e. The molecule has 0 saturated heterocycles. The highest BCUT2D eigenvalue weighted by molar-refractivity contribution is 5.92. The van der Waals surface area contributed by atoms with E-state index in [9.17, 15) is 4.79 Å². The van der Waals surface area contributed by atoms with Gasteiger partial charge in [-0.05, 0) is 62.3 Å². The molecule has 4 heterocycles. The molecular formula is C26H30N4O3. The molecule has 0 aromatic carbocycles. The van der Waals surface area contributed by atoms with Crippen molar-refractivity contribution in [2.75, 3.05) is 0 Å². The zero-order valence-corrected chi connectivity index (χ0v) is 19.6. The summed E-state index contributed by atoms with van der Waals surface area (Å²) in [6.07, 6.45) is 7.20. The summed E-state index contributed by atoms with van der Waals surface area (Å²) in [5, 5.41) is 1.90. The highest BCUT2D eigenvalue weighted by Gasteiger charge is 2.32. The second kappa shape index (κ2) is 8.06. The minimum absolute atomic E-state index is 0.0459. The summed E-state index contributed by atoms with van der Waals surface area (Å²) in [6, 6.07) is 5.77. The van der Waals surface area contributed by atoms with E-state index in [0.717, 1.165) is 52.7 Å². The fourth-order valence-electron chi connectivity index (χ4n) is 4.21. The Labute approximate surface area is 193 Å². The van der Waals surface area contributed by atoms with Crippen LogP contribution in [-0.2, 0) is 16.7 Å². The van der Waals surface area contributed by atoms with E-state index in [-0.39, 0.29) is 24.1 Å². The van der Waals surface area contributed by atoms with Gasteiger partial charge in [0.25, 0.3) is 0 Å². The molecule has 0 spiro atoms. The number of carbonyl (C=O) groups is 1. The van der Waals surface area contributed by atoms with Gasteiger partial charge in [0.05, 0.1) is 16.6 Å². The number of ether oxygens (including phenoxy) is 2. The van der Waals surface area contributed by atoms with E-state index in [4.69, 9.17) is 25.2 Å². The zero-order chi connectivity index (χ0) is 23.3. The molecule has 0 unspecified atom stereocenters. The standard InChI is InChI=1S/C26H30N4O3/c1-5-26(4,27)22-13-29-24(33-18-7-8-18)21-12-28-17(11-20(21)22)10-16-6-9-19-23(30-16)14(2)15(3)32-25(19)31/h6,9,11-15,18H,5,7-8,10,27H2,1-4H3/t14-,15+,26+/m0/s1. The maximum absolute atomic E-state index is 12.2. The van der Waals surface area contributed by atoms with Crippen LogP contribution >= 0.6 is 0 Å². The van der Waals surface area contributed by atoms with Crippen molar-refractivity contribution in [1.82, 2.24) is 15.0 Å². The van der Waals surface area contributed by atoms with Gasteiger partial charge in [0.2, 0.25) is 5.88 Å². The van der Waals surface area contributed by atoms with Gasteiger partial charge in [-0.15, -0.1) is 0 Å². The molecule has 3 atom stereocenters. The number of aromatic nitrogens is 3. The van der Waals surface area contributed by atoms with Crippen LogP contribution in [0.5, 0.6) is 5.88 Å². The zero-order valence-electron chi connectivity index (χ0n) is 19.6. The van der Waals surface area contributed by atoms with Crippen LogP contribution in [0.25, 0.3) is 10.8 Å². The number of nitrogens with zero attached hydrogens (tertiary/aromatic N) is 3. The van der Waals surface area contributed by atoms with Crippen LogP contribution in [0.15, 0.2) is 30.6 Å². The Balaban J connectivity index is 1.54. The van der Waals surface area contributed by atoms with E-state index >= 15 is 0 Å². The highest BCUT2D eigenvalue weighted by Crippen LogP contribution is 2.36. The fraction of sp³-hybridized carbons (Fsp3) is 0.462. The van der Waals surface area contributed by atoms with Crippen molar-refractivity contribution >= 4 is 16.7 Å². The first kappa shape index (κ1) is 21.8. The third-order valence-electron chi connectivity index (χ3n) is 6.94. The topological polar surface area (TPSA) is 100 Å². The summed E-state index contributed by atoms with van der Waals surface area (Å²) in [4.78, 5) is 26.3. The smallest absolute Gasteiger partial charge is 0.340 e. The normalized spacial score (nSPS) is 21.9. The molecule has 172 valence electrons. The van der Waals surface area contributed by atoms with Crippen molar-refractivity contribution in [1.29, 1.82) is 0 Å². The number of hydrogen-bond donors (Lipinski definition) is 1. The molecule has 1 saturated carbocycles. The van der Waals surface area contributed by atoms with Crippen molar-refractivity contribution in [3.63, 3.8) is 0 Å². The van der Waals surface area contributed by atoms with Crippen molar-refractivity contribution in [2.24, 2.45) is 5.73 Å². The monoisotopic (exact) mass is 446 g/mol. The van der Waals surface area contributed by atoms with Crippen molar-refractivity contribution in [3.05, 3.63) is 58.8 Å². The van der Waals surface area contributed by atoms with Gasteiger partial charge in [0.15, 0.2) is 0 Å². The second-order valence-corrected chi connectivity index (χ2v) is 9.60. The Morgan fingerprint density at radius 3 is 2.67 bits per heavy atom. The molecule has 5 rings (SSSR count). The quantitative estimate of drug-likeness (QED) is 0.560. The maximum Gasteiger partial charge on any atom is 0.340 e. The number of esters is 1. The number of cyclic esters (lactones) is 1. The van der Waals surface area contributed by atoms with Gasteiger partial charge < -0.3 is 15.2 Å². The van der Waals surface area contributed by atoms with Gasteiger partial charge >= 0.3 is 5.97 Å². The number of nitrogens with two attached hydrogens (primary N) is 1. The minimum Gasteiger partial charge on any atom is -0.474 e. The number of carbonyl (C=O) groups excluding carboxylic acids is 1. The first-order chi connectivity index (χ1) is 15.8. The molecule has 33 heavy (non-hydrogen) atoms. The van der Waals surface area contributed by atoms with E-state index in [0.29, 0.717) is 17.9 Å². The van der Waals surface area contributed by atoms with Crippen LogP contribution in [0.1, 0.15) is 85.9 Å². The average Bonchev–Trinajstić information content (AvgIpc) is 3.61. The average molecular weight is 447 g/mol. The second-order valence-electron chi connectivity index (χ2n) is 9.60. The summed E-state index contributed by atoms with van der Waals surface area (Å²) in [6.45, 7) is 8.04. The summed E-state index contributed by atoms with van der Waals surface area (Å²) >= 11 is 0. The Hall–Kier alpha value is -3.06. The SMILES string of the molecule is CC[C@@](C)(N)c1cnc(OC2CC2)c2cnc(Cc3ccc4c(n3)[C@@H](C)[C@@H](C)OC4=O)cc12. The van der Waals surface area contributed by atoms with E-state index < -0.39 is 5.54 Å². The summed E-state index contributed by atoms with van der Waals surface area (Å²) in [5.41, 5.74) is 10.2. The first-order valence-corrected chi connectivity index (χ1v) is 11.7.